The van der Waals surface area contributed by atoms with Crippen LogP contribution in [0, 0.1) is 11.7 Å². The Balaban J connectivity index is 1.23. The lowest BCUT2D eigenvalue weighted by Crippen LogP contribution is -2.38. The molecule has 30 heavy (non-hydrogen) atoms. The number of aromatic nitrogens is 2. The molecule has 4 rings (SSSR count). The van der Waals surface area contributed by atoms with E-state index in [-0.39, 0.29) is 16.5 Å². The molecule has 2 aromatic carbocycles. The van der Waals surface area contributed by atoms with Gasteiger partial charge >= 0.3 is 0 Å². The summed E-state index contributed by atoms with van der Waals surface area (Å²) in [4.78, 5) is 22.5. The van der Waals surface area contributed by atoms with Crippen molar-refractivity contribution in [3.8, 4) is 11.4 Å². The zero-order chi connectivity index (χ0) is 20.9. The van der Waals surface area contributed by atoms with Crippen molar-refractivity contribution in [2.24, 2.45) is 5.92 Å². The Morgan fingerprint density at radius 3 is 2.70 bits per heavy atom. The van der Waals surface area contributed by atoms with Gasteiger partial charge in [-0.2, -0.15) is 0 Å². The Hall–Kier alpha value is -2.70. The number of halogens is 2. The summed E-state index contributed by atoms with van der Waals surface area (Å²) in [6.07, 6.45) is 3.91. The van der Waals surface area contributed by atoms with E-state index >= 15 is 0 Å². The number of imidazole rings is 1. The molecule has 5 nitrogen and oxygen atoms in total. The van der Waals surface area contributed by atoms with Crippen molar-refractivity contribution in [2.45, 2.75) is 19.4 Å². The molecule has 3 aromatic rings. The van der Waals surface area contributed by atoms with Gasteiger partial charge in [0.15, 0.2) is 0 Å². The highest BCUT2D eigenvalue weighted by Crippen LogP contribution is 2.20. The number of carbonyl (C=O) groups is 1. The average Bonchev–Trinajstić information content (AvgIpc) is 3.21. The number of rotatable bonds is 6. The van der Waals surface area contributed by atoms with E-state index in [1.165, 1.54) is 18.2 Å². The maximum Gasteiger partial charge on any atom is 0.251 e. The van der Waals surface area contributed by atoms with Gasteiger partial charge in [0.2, 0.25) is 0 Å². The monoisotopic (exact) mass is 426 g/mol. The second-order valence-corrected chi connectivity index (χ2v) is 8.15. The number of likely N-dealkylation sites (tertiary alicyclic amines) is 1. The third kappa shape index (κ3) is 5.26. The first kappa shape index (κ1) is 20.6. The van der Waals surface area contributed by atoms with Gasteiger partial charge in [-0.3, -0.25) is 9.69 Å². The molecule has 2 heterocycles. The summed E-state index contributed by atoms with van der Waals surface area (Å²) >= 11 is 5.83. The minimum atomic E-state index is -0.504. The molecule has 0 saturated carbocycles. The lowest BCUT2D eigenvalue weighted by Gasteiger charge is -2.31. The molecule has 0 radical (unpaired) electrons. The maximum atomic E-state index is 13.4. The molecular formula is C23H24ClFN4O. The van der Waals surface area contributed by atoms with Crippen LogP contribution in [0.2, 0.25) is 5.02 Å². The number of hydrogen-bond acceptors (Lipinski definition) is 3. The number of amides is 1. The normalized spacial score (nSPS) is 15.3. The molecule has 1 aliphatic rings. The third-order valence-electron chi connectivity index (χ3n) is 5.45. The Kier molecular flexibility index (Phi) is 6.45. The predicted octanol–water partition coefficient (Wildman–Crippen LogP) is 4.51. The number of hydrogen-bond donors (Lipinski definition) is 2. The van der Waals surface area contributed by atoms with E-state index in [4.69, 9.17) is 11.6 Å². The molecule has 7 heteroatoms. The Morgan fingerprint density at radius 1 is 1.20 bits per heavy atom. The summed E-state index contributed by atoms with van der Waals surface area (Å²) in [7, 11) is 0. The van der Waals surface area contributed by atoms with Crippen molar-refractivity contribution in [3.05, 3.63) is 76.8 Å². The van der Waals surface area contributed by atoms with Crippen LogP contribution in [0.5, 0.6) is 0 Å². The number of benzene rings is 2. The minimum Gasteiger partial charge on any atom is -0.352 e. The summed E-state index contributed by atoms with van der Waals surface area (Å²) in [5, 5.41) is 3.13. The van der Waals surface area contributed by atoms with Crippen molar-refractivity contribution >= 4 is 17.5 Å². The van der Waals surface area contributed by atoms with Gasteiger partial charge in [-0.05, 0) is 50.0 Å². The molecule has 0 unspecified atom stereocenters. The number of nitrogens with one attached hydrogen (secondary N) is 2. The fourth-order valence-corrected chi connectivity index (χ4v) is 4.02. The molecule has 1 saturated heterocycles. The van der Waals surface area contributed by atoms with Crippen molar-refractivity contribution < 1.29 is 9.18 Å². The highest BCUT2D eigenvalue weighted by atomic mass is 35.5. The van der Waals surface area contributed by atoms with Gasteiger partial charge in [-0.1, -0.05) is 41.9 Å². The van der Waals surface area contributed by atoms with Crippen LogP contribution in [0.25, 0.3) is 11.4 Å². The topological polar surface area (TPSA) is 61.0 Å². The van der Waals surface area contributed by atoms with E-state index in [0.717, 1.165) is 49.6 Å². The van der Waals surface area contributed by atoms with E-state index in [2.05, 4.69) is 20.2 Å². The summed E-state index contributed by atoms with van der Waals surface area (Å²) in [6, 6.07) is 14.0. The molecule has 156 valence electrons. The van der Waals surface area contributed by atoms with Gasteiger partial charge < -0.3 is 10.3 Å². The zero-order valence-electron chi connectivity index (χ0n) is 16.6. The van der Waals surface area contributed by atoms with Gasteiger partial charge in [-0.25, -0.2) is 9.37 Å². The first-order valence-electron chi connectivity index (χ1n) is 10.1. The highest BCUT2D eigenvalue weighted by Gasteiger charge is 2.21. The van der Waals surface area contributed by atoms with Crippen LogP contribution < -0.4 is 5.32 Å². The number of nitrogens with zero attached hydrogens (tertiary/aromatic N) is 2. The van der Waals surface area contributed by atoms with Crippen LogP contribution in [-0.4, -0.2) is 40.4 Å². The van der Waals surface area contributed by atoms with Crippen LogP contribution in [0.3, 0.4) is 0 Å². The van der Waals surface area contributed by atoms with Gasteiger partial charge in [0.1, 0.15) is 11.6 Å². The van der Waals surface area contributed by atoms with Gasteiger partial charge in [-0.15, -0.1) is 0 Å². The van der Waals surface area contributed by atoms with Crippen molar-refractivity contribution in [1.29, 1.82) is 0 Å². The molecule has 1 fully saturated rings. The van der Waals surface area contributed by atoms with Crippen LogP contribution in [0.4, 0.5) is 4.39 Å². The quantitative estimate of drug-likeness (QED) is 0.609. The number of aromatic amines is 1. The standard InChI is InChI=1S/C23H24ClFN4O/c24-19-10-18(11-20(25)12-19)23(30)27-13-16-6-8-29(9-7-16)15-21-14-26-22(28-21)17-4-2-1-3-5-17/h1-5,10-12,14,16H,6-9,13,15H2,(H,26,28)(H,27,30). The molecule has 0 aliphatic carbocycles. The molecule has 2 N–H and O–H groups in total. The zero-order valence-corrected chi connectivity index (χ0v) is 17.3. The molecule has 0 spiro atoms. The van der Waals surface area contributed by atoms with Crippen molar-refractivity contribution in [3.63, 3.8) is 0 Å². The van der Waals surface area contributed by atoms with E-state index in [1.807, 2.05) is 36.5 Å². The lowest BCUT2D eigenvalue weighted by atomic mass is 9.96. The Bertz CT molecular complexity index is 979. The number of piperidine rings is 1. The average molecular weight is 427 g/mol. The van der Waals surface area contributed by atoms with Crippen LogP contribution in [-0.2, 0) is 6.54 Å². The lowest BCUT2D eigenvalue weighted by molar-refractivity contribution is 0.0934. The second-order valence-electron chi connectivity index (χ2n) is 7.71. The van der Waals surface area contributed by atoms with E-state index in [1.54, 1.807) is 0 Å². The van der Waals surface area contributed by atoms with Gasteiger partial charge in [0.05, 0.1) is 0 Å². The molecule has 1 aliphatic heterocycles. The third-order valence-corrected chi connectivity index (χ3v) is 5.67. The fraction of sp³-hybridized carbons (Fsp3) is 0.304. The van der Waals surface area contributed by atoms with Crippen molar-refractivity contribution in [2.75, 3.05) is 19.6 Å². The largest absolute Gasteiger partial charge is 0.352 e. The summed E-state index contributed by atoms with van der Waals surface area (Å²) < 4.78 is 13.4. The summed E-state index contributed by atoms with van der Waals surface area (Å²) in [6.45, 7) is 3.35. The fourth-order valence-electron chi connectivity index (χ4n) is 3.80. The first-order valence-corrected chi connectivity index (χ1v) is 10.5. The molecule has 0 atom stereocenters. The minimum absolute atomic E-state index is 0.225. The predicted molar refractivity (Wildman–Crippen MR) is 116 cm³/mol. The van der Waals surface area contributed by atoms with Gasteiger partial charge in [0.25, 0.3) is 5.91 Å². The van der Waals surface area contributed by atoms with Crippen molar-refractivity contribution in [1.82, 2.24) is 20.2 Å². The van der Waals surface area contributed by atoms with Gasteiger partial charge in [0, 0.05) is 41.1 Å². The number of carbonyl (C=O) groups excluding carboxylic acids is 1. The van der Waals surface area contributed by atoms with Crippen LogP contribution >= 0.6 is 11.6 Å². The molecule has 1 aromatic heterocycles. The van der Waals surface area contributed by atoms with E-state index in [0.29, 0.717) is 12.5 Å². The van der Waals surface area contributed by atoms with Crippen LogP contribution in [0.1, 0.15) is 28.9 Å². The smallest absolute Gasteiger partial charge is 0.251 e. The van der Waals surface area contributed by atoms with E-state index in [9.17, 15) is 9.18 Å². The number of H-pyrrole nitrogens is 1. The second kappa shape index (κ2) is 9.41. The molecule has 1 amide bonds. The summed E-state index contributed by atoms with van der Waals surface area (Å²) in [5.41, 5.74) is 2.44. The highest BCUT2D eigenvalue weighted by molar-refractivity contribution is 6.31. The molecular weight excluding hydrogens is 403 g/mol. The molecule has 0 bridgehead atoms. The van der Waals surface area contributed by atoms with Crippen LogP contribution in [0.15, 0.2) is 54.7 Å². The van der Waals surface area contributed by atoms with E-state index < -0.39 is 5.82 Å². The summed E-state index contributed by atoms with van der Waals surface area (Å²) in [5.74, 6) is 0.511. The first-order chi connectivity index (χ1) is 14.6. The Labute approximate surface area is 180 Å². The Morgan fingerprint density at radius 2 is 1.97 bits per heavy atom. The SMILES string of the molecule is O=C(NCC1CCN(Cc2cnc(-c3ccccc3)[nH]2)CC1)c1cc(F)cc(Cl)c1. The maximum absolute atomic E-state index is 13.4.